The monoisotopic (exact) mass is 535 g/mol. The van der Waals surface area contributed by atoms with Gasteiger partial charge in [0.05, 0.1) is 14.2 Å². The van der Waals surface area contributed by atoms with Crippen molar-refractivity contribution in [3.8, 4) is 5.82 Å². The third-order valence-electron chi connectivity index (χ3n) is 8.55. The Balaban J connectivity index is 2.06. The van der Waals surface area contributed by atoms with Gasteiger partial charge in [0, 0.05) is 18.9 Å². The van der Waals surface area contributed by atoms with E-state index in [1.807, 2.05) is 6.92 Å². The van der Waals surface area contributed by atoms with Crippen molar-refractivity contribution in [2.45, 2.75) is 115 Å². The van der Waals surface area contributed by atoms with Gasteiger partial charge in [0.1, 0.15) is 24.9 Å². The van der Waals surface area contributed by atoms with E-state index in [0.717, 1.165) is 11.6 Å². The molecule has 0 saturated carbocycles. The number of ether oxygens (including phenoxy) is 2. The molecule has 2 aromatic rings. The van der Waals surface area contributed by atoms with Crippen molar-refractivity contribution in [2.75, 3.05) is 7.11 Å². The largest absolute Gasteiger partial charge is 0.408 e. The molecule has 2 aromatic heterocycles. The van der Waals surface area contributed by atoms with Crippen LogP contribution in [0.15, 0.2) is 23.6 Å². The molecular formula is C25H45N5O4Si2. The zero-order valence-corrected chi connectivity index (χ0v) is 26.1. The van der Waals surface area contributed by atoms with Crippen LogP contribution in [0.3, 0.4) is 0 Å². The summed E-state index contributed by atoms with van der Waals surface area (Å²) in [6, 6.07) is 0.907. The standard InChI is InChI=1S/C25H45N5O4Si2/c1-17-13-29(23(31)28-21(17)30-16-26-15-27-30)22-20(32-8)19(34-36(11,12)25(5,6)7)18(33-22)14-35(9,10)24(2,3)4/h13,15-16,18-20,22H,14H2,1-12H3/t18-,19?,20+,22-/m1/s1. The van der Waals surface area contributed by atoms with E-state index in [1.54, 1.807) is 17.9 Å². The van der Waals surface area contributed by atoms with Gasteiger partial charge in [-0.15, -0.1) is 0 Å². The fourth-order valence-electron chi connectivity index (χ4n) is 4.11. The van der Waals surface area contributed by atoms with Crippen molar-refractivity contribution < 1.29 is 13.9 Å². The number of methoxy groups -OCH3 is 1. The van der Waals surface area contributed by atoms with Gasteiger partial charge in [0.2, 0.25) is 0 Å². The summed E-state index contributed by atoms with van der Waals surface area (Å²) in [5.41, 5.74) is 0.366. The normalized spacial score (nSPS) is 23.9. The van der Waals surface area contributed by atoms with E-state index >= 15 is 0 Å². The lowest BCUT2D eigenvalue weighted by Gasteiger charge is -2.43. The summed E-state index contributed by atoms with van der Waals surface area (Å²) in [5, 5.41) is 4.34. The highest BCUT2D eigenvalue weighted by Gasteiger charge is 2.53. The molecule has 1 saturated heterocycles. The molecule has 3 rings (SSSR count). The van der Waals surface area contributed by atoms with Crippen LogP contribution in [0.25, 0.3) is 5.82 Å². The van der Waals surface area contributed by atoms with E-state index in [4.69, 9.17) is 13.9 Å². The maximum atomic E-state index is 13.3. The quantitative estimate of drug-likeness (QED) is 0.463. The number of hydrogen-bond donors (Lipinski definition) is 0. The van der Waals surface area contributed by atoms with Crippen LogP contribution in [0.5, 0.6) is 0 Å². The maximum absolute atomic E-state index is 13.3. The van der Waals surface area contributed by atoms with Crippen LogP contribution in [-0.2, 0) is 13.9 Å². The lowest BCUT2D eigenvalue weighted by atomic mass is 10.1. The molecule has 0 bridgehead atoms. The van der Waals surface area contributed by atoms with Crippen LogP contribution in [-0.4, -0.2) is 66.1 Å². The van der Waals surface area contributed by atoms with E-state index in [0.29, 0.717) is 5.82 Å². The Kier molecular flexibility index (Phi) is 7.95. The van der Waals surface area contributed by atoms with Crippen LogP contribution in [0, 0.1) is 6.92 Å². The smallest absolute Gasteiger partial charge is 0.351 e. The molecule has 1 aliphatic heterocycles. The highest BCUT2D eigenvalue weighted by molar-refractivity contribution is 6.80. The zero-order valence-electron chi connectivity index (χ0n) is 24.1. The second-order valence-corrected chi connectivity index (χ2v) is 23.7. The third-order valence-corrected chi connectivity index (χ3v) is 18.5. The van der Waals surface area contributed by atoms with Gasteiger partial charge in [0.25, 0.3) is 0 Å². The minimum Gasteiger partial charge on any atom is -0.408 e. The first-order valence-electron chi connectivity index (χ1n) is 12.7. The van der Waals surface area contributed by atoms with Crippen LogP contribution < -0.4 is 5.69 Å². The Bertz CT molecular complexity index is 1100. The van der Waals surface area contributed by atoms with Gasteiger partial charge in [-0.1, -0.05) is 54.6 Å². The minimum atomic E-state index is -2.16. The molecule has 0 amide bonds. The van der Waals surface area contributed by atoms with Crippen molar-refractivity contribution in [2.24, 2.45) is 0 Å². The Labute approximate surface area is 217 Å². The fraction of sp³-hybridized carbons (Fsp3) is 0.760. The van der Waals surface area contributed by atoms with E-state index in [-0.39, 0.29) is 22.3 Å². The average molecular weight is 536 g/mol. The number of nitrogens with zero attached hydrogens (tertiary/aromatic N) is 5. The van der Waals surface area contributed by atoms with Gasteiger partial charge in [-0.3, -0.25) is 4.57 Å². The molecule has 36 heavy (non-hydrogen) atoms. The zero-order chi connectivity index (χ0) is 27.3. The van der Waals surface area contributed by atoms with Crippen molar-refractivity contribution in [1.29, 1.82) is 0 Å². The molecule has 0 aliphatic carbocycles. The minimum absolute atomic E-state index is 0.0271. The van der Waals surface area contributed by atoms with Gasteiger partial charge in [-0.05, 0) is 36.1 Å². The van der Waals surface area contributed by atoms with E-state index in [1.165, 1.54) is 17.3 Å². The topological polar surface area (TPSA) is 93.3 Å². The highest BCUT2D eigenvalue weighted by atomic mass is 28.4. The summed E-state index contributed by atoms with van der Waals surface area (Å²) >= 11 is 0. The Morgan fingerprint density at radius 2 is 1.69 bits per heavy atom. The van der Waals surface area contributed by atoms with E-state index in [9.17, 15) is 4.79 Å². The summed E-state index contributed by atoms with van der Waals surface area (Å²) in [6.45, 7) is 24.8. The van der Waals surface area contributed by atoms with E-state index in [2.05, 4.69) is 82.8 Å². The lowest BCUT2D eigenvalue weighted by molar-refractivity contribution is -0.0513. The second kappa shape index (κ2) is 9.90. The molecule has 1 aliphatic rings. The van der Waals surface area contributed by atoms with Gasteiger partial charge in [-0.25, -0.2) is 14.5 Å². The number of hydrogen-bond acceptors (Lipinski definition) is 7. The molecule has 9 nitrogen and oxygen atoms in total. The third kappa shape index (κ3) is 5.59. The predicted molar refractivity (Wildman–Crippen MR) is 147 cm³/mol. The van der Waals surface area contributed by atoms with Gasteiger partial charge >= 0.3 is 5.69 Å². The van der Waals surface area contributed by atoms with Crippen LogP contribution in [0.4, 0.5) is 0 Å². The molecule has 1 fully saturated rings. The van der Waals surface area contributed by atoms with Crippen LogP contribution in [0.2, 0.25) is 42.3 Å². The molecule has 11 heteroatoms. The summed E-state index contributed by atoms with van der Waals surface area (Å²) in [5.74, 6) is 0.451. The first-order chi connectivity index (χ1) is 16.4. The van der Waals surface area contributed by atoms with Crippen molar-refractivity contribution >= 4 is 16.4 Å². The lowest BCUT2D eigenvalue weighted by Crippen LogP contribution is -2.51. The number of rotatable bonds is 7. The fourth-order valence-corrected chi connectivity index (χ4v) is 7.37. The predicted octanol–water partition coefficient (Wildman–Crippen LogP) is 4.94. The molecule has 0 spiro atoms. The summed E-state index contributed by atoms with van der Waals surface area (Å²) in [7, 11) is -2.23. The average Bonchev–Trinajstić information content (AvgIpc) is 3.36. The Morgan fingerprint density at radius 3 is 2.19 bits per heavy atom. The summed E-state index contributed by atoms with van der Waals surface area (Å²) in [4.78, 5) is 21.6. The molecule has 0 radical (unpaired) electrons. The van der Waals surface area contributed by atoms with Gasteiger partial charge in [0.15, 0.2) is 20.4 Å². The van der Waals surface area contributed by atoms with Gasteiger partial charge < -0.3 is 13.9 Å². The first-order valence-corrected chi connectivity index (χ1v) is 18.8. The van der Waals surface area contributed by atoms with E-state index < -0.39 is 34.4 Å². The summed E-state index contributed by atoms with van der Waals surface area (Å²) in [6.07, 6.45) is 3.19. The van der Waals surface area contributed by atoms with Crippen molar-refractivity contribution in [1.82, 2.24) is 24.3 Å². The van der Waals surface area contributed by atoms with Crippen molar-refractivity contribution in [3.05, 3.63) is 34.9 Å². The first kappa shape index (κ1) is 28.9. The molecule has 4 atom stereocenters. The molecule has 3 heterocycles. The Hall–Kier alpha value is -1.67. The van der Waals surface area contributed by atoms with Crippen LogP contribution in [0.1, 0.15) is 53.3 Å². The maximum Gasteiger partial charge on any atom is 0.351 e. The van der Waals surface area contributed by atoms with Crippen LogP contribution >= 0.6 is 0 Å². The molecule has 0 N–H and O–H groups in total. The highest BCUT2D eigenvalue weighted by Crippen LogP contribution is 2.46. The SMILES string of the molecule is CO[C@H]1C(O[Si](C)(C)C(C)(C)C)[C@@H](C[Si](C)(C)C(C)(C)C)O[C@H]1n1cc(C)c(-n2cncn2)nc1=O. The number of aromatic nitrogens is 5. The summed E-state index contributed by atoms with van der Waals surface area (Å²) < 4.78 is 22.8. The molecule has 0 aromatic carbocycles. The number of aryl methyl sites for hydroxylation is 1. The van der Waals surface area contributed by atoms with Crippen molar-refractivity contribution in [3.63, 3.8) is 0 Å². The van der Waals surface area contributed by atoms with Gasteiger partial charge in [-0.2, -0.15) is 10.1 Å². The molecule has 1 unspecified atom stereocenters. The molecule has 202 valence electrons. The molecular weight excluding hydrogens is 490 g/mol. The second-order valence-electron chi connectivity index (χ2n) is 13.2. The Morgan fingerprint density at radius 1 is 1.06 bits per heavy atom.